The lowest BCUT2D eigenvalue weighted by Gasteiger charge is -2.30. The van der Waals surface area contributed by atoms with Gasteiger partial charge in [0.25, 0.3) is 0 Å². The summed E-state index contributed by atoms with van der Waals surface area (Å²) in [5.74, 6) is -0.186. The zero-order valence-corrected chi connectivity index (χ0v) is 11.8. The number of carboxylic acids is 1. The van der Waals surface area contributed by atoms with Crippen molar-refractivity contribution in [3.05, 3.63) is 42.1 Å². The van der Waals surface area contributed by atoms with Crippen molar-refractivity contribution in [1.82, 2.24) is 10.1 Å². The summed E-state index contributed by atoms with van der Waals surface area (Å²) in [7, 11) is 1.75. The zero-order chi connectivity index (χ0) is 14.8. The average molecular weight is 274 g/mol. The molecule has 0 spiro atoms. The lowest BCUT2D eigenvalue weighted by Crippen LogP contribution is -2.47. The van der Waals surface area contributed by atoms with Gasteiger partial charge in [-0.15, -0.1) is 0 Å². The predicted octanol–water partition coefficient (Wildman–Crippen LogP) is 2.64. The van der Waals surface area contributed by atoms with E-state index < -0.39 is 11.5 Å². The van der Waals surface area contributed by atoms with Crippen LogP contribution in [0.5, 0.6) is 0 Å². The molecule has 5 heteroatoms. The normalized spacial score (nSPS) is 11.8. The summed E-state index contributed by atoms with van der Waals surface area (Å²) in [5.41, 5.74) is 0.707. The van der Waals surface area contributed by atoms with Crippen LogP contribution in [0.15, 0.2) is 40.9 Å². The van der Waals surface area contributed by atoms with Gasteiger partial charge >= 0.3 is 5.97 Å². The molecule has 1 aromatic heterocycles. The molecule has 0 aliphatic rings. The highest BCUT2D eigenvalue weighted by molar-refractivity contribution is 5.77. The Morgan fingerprint density at radius 1 is 1.35 bits per heavy atom. The molecule has 0 aliphatic heterocycles. The Kier molecular flexibility index (Phi) is 3.90. The number of hydrogen-bond acceptors (Lipinski definition) is 4. The van der Waals surface area contributed by atoms with Crippen molar-refractivity contribution >= 4 is 5.97 Å². The minimum atomic E-state index is -0.953. The molecule has 106 valence electrons. The Labute approximate surface area is 117 Å². The molecular weight excluding hydrogens is 256 g/mol. The number of benzene rings is 1. The molecule has 0 saturated carbocycles. The van der Waals surface area contributed by atoms with Crippen LogP contribution in [-0.4, -0.2) is 33.7 Å². The highest BCUT2D eigenvalue weighted by atomic mass is 16.5. The van der Waals surface area contributed by atoms with Crippen molar-refractivity contribution in [2.24, 2.45) is 0 Å². The molecule has 0 saturated heterocycles. The fourth-order valence-electron chi connectivity index (χ4n) is 1.73. The van der Waals surface area contributed by atoms with E-state index in [-0.39, 0.29) is 0 Å². The number of nitrogens with zero attached hydrogens (tertiary/aromatic N) is 2. The van der Waals surface area contributed by atoms with E-state index in [4.69, 9.17) is 4.52 Å². The van der Waals surface area contributed by atoms with Crippen molar-refractivity contribution in [3.63, 3.8) is 0 Å². The van der Waals surface area contributed by atoms with Gasteiger partial charge in [0.2, 0.25) is 0 Å². The minimum Gasteiger partial charge on any atom is -0.480 e. The van der Waals surface area contributed by atoms with Gasteiger partial charge in [-0.2, -0.15) is 0 Å². The van der Waals surface area contributed by atoms with Crippen molar-refractivity contribution in [2.45, 2.75) is 25.9 Å². The summed E-state index contributed by atoms with van der Waals surface area (Å²) >= 11 is 0. The monoisotopic (exact) mass is 274 g/mol. The molecule has 0 aliphatic carbocycles. The van der Waals surface area contributed by atoms with Crippen LogP contribution >= 0.6 is 0 Å². The maximum atomic E-state index is 11.2. The highest BCUT2D eigenvalue weighted by Gasteiger charge is 2.32. The molecule has 5 nitrogen and oxygen atoms in total. The van der Waals surface area contributed by atoms with Gasteiger partial charge in [-0.05, 0) is 20.9 Å². The number of aliphatic carboxylic acids is 1. The van der Waals surface area contributed by atoms with Crippen LogP contribution in [0.3, 0.4) is 0 Å². The van der Waals surface area contributed by atoms with Gasteiger partial charge in [0, 0.05) is 18.2 Å². The van der Waals surface area contributed by atoms with E-state index in [0.29, 0.717) is 18.0 Å². The molecule has 1 aromatic carbocycles. The Hall–Kier alpha value is -2.14. The average Bonchev–Trinajstić information content (AvgIpc) is 2.88. The standard InChI is InChI=1S/C15H18N2O3/c1-15(2,14(18)19)17(3)10-12-9-13(20-16-12)11-7-5-4-6-8-11/h4-9H,10H2,1-3H3,(H,18,19). The molecule has 0 atom stereocenters. The van der Waals surface area contributed by atoms with Gasteiger partial charge in [-0.1, -0.05) is 35.5 Å². The fraction of sp³-hybridized carbons (Fsp3) is 0.333. The summed E-state index contributed by atoms with van der Waals surface area (Å²) in [5, 5.41) is 13.2. The van der Waals surface area contributed by atoms with E-state index in [9.17, 15) is 9.90 Å². The van der Waals surface area contributed by atoms with E-state index in [1.54, 1.807) is 25.8 Å². The van der Waals surface area contributed by atoms with Gasteiger partial charge in [0.05, 0.1) is 5.69 Å². The third kappa shape index (κ3) is 2.88. The minimum absolute atomic E-state index is 0.412. The lowest BCUT2D eigenvalue weighted by atomic mass is 10.0. The maximum absolute atomic E-state index is 11.2. The van der Waals surface area contributed by atoms with Crippen molar-refractivity contribution in [3.8, 4) is 11.3 Å². The third-order valence-corrected chi connectivity index (χ3v) is 3.49. The van der Waals surface area contributed by atoms with E-state index in [1.165, 1.54) is 0 Å². The smallest absolute Gasteiger partial charge is 0.323 e. The predicted molar refractivity (Wildman–Crippen MR) is 75.1 cm³/mol. The van der Waals surface area contributed by atoms with Gasteiger partial charge in [0.1, 0.15) is 5.54 Å². The van der Waals surface area contributed by atoms with Crippen LogP contribution < -0.4 is 0 Å². The van der Waals surface area contributed by atoms with Crippen LogP contribution in [0.4, 0.5) is 0 Å². The van der Waals surface area contributed by atoms with E-state index in [1.807, 2.05) is 36.4 Å². The van der Waals surface area contributed by atoms with E-state index in [2.05, 4.69) is 5.16 Å². The van der Waals surface area contributed by atoms with Crippen LogP contribution in [0.25, 0.3) is 11.3 Å². The first kappa shape index (κ1) is 14.3. The van der Waals surface area contributed by atoms with Crippen molar-refractivity contribution in [2.75, 3.05) is 7.05 Å². The SMILES string of the molecule is CN(Cc1cc(-c2ccccc2)on1)C(C)(C)C(=O)O. The first-order chi connectivity index (χ1) is 9.41. The van der Waals surface area contributed by atoms with Gasteiger partial charge in [-0.3, -0.25) is 9.69 Å². The molecule has 0 amide bonds. The van der Waals surface area contributed by atoms with Crippen LogP contribution in [0, 0.1) is 0 Å². The number of aromatic nitrogens is 1. The highest BCUT2D eigenvalue weighted by Crippen LogP contribution is 2.22. The van der Waals surface area contributed by atoms with Gasteiger partial charge < -0.3 is 9.63 Å². The summed E-state index contributed by atoms with van der Waals surface area (Å²) < 4.78 is 5.30. The second-order valence-electron chi connectivity index (χ2n) is 5.27. The number of likely N-dealkylation sites (N-methyl/N-ethyl adjacent to an activating group) is 1. The topological polar surface area (TPSA) is 66.6 Å². The Bertz CT molecular complexity index is 590. The molecule has 1 heterocycles. The first-order valence-electron chi connectivity index (χ1n) is 6.37. The molecule has 2 rings (SSSR count). The lowest BCUT2D eigenvalue weighted by molar-refractivity contribution is -0.148. The Morgan fingerprint density at radius 3 is 2.60 bits per heavy atom. The molecule has 2 aromatic rings. The maximum Gasteiger partial charge on any atom is 0.323 e. The summed E-state index contributed by atoms with van der Waals surface area (Å²) in [6, 6.07) is 11.5. The number of rotatable bonds is 5. The third-order valence-electron chi connectivity index (χ3n) is 3.49. The number of hydrogen-bond donors (Lipinski definition) is 1. The molecule has 0 bridgehead atoms. The van der Waals surface area contributed by atoms with Crippen molar-refractivity contribution in [1.29, 1.82) is 0 Å². The molecule has 0 radical (unpaired) electrons. The van der Waals surface area contributed by atoms with Crippen LogP contribution in [0.1, 0.15) is 19.5 Å². The second-order valence-corrected chi connectivity index (χ2v) is 5.27. The van der Waals surface area contributed by atoms with Crippen LogP contribution in [-0.2, 0) is 11.3 Å². The Balaban J connectivity index is 2.13. The number of carboxylic acid groups (broad SMARTS) is 1. The second kappa shape index (κ2) is 5.46. The van der Waals surface area contributed by atoms with Gasteiger partial charge in [0.15, 0.2) is 5.76 Å². The quantitative estimate of drug-likeness (QED) is 0.907. The molecule has 0 unspecified atom stereocenters. The molecular formula is C15H18N2O3. The van der Waals surface area contributed by atoms with Gasteiger partial charge in [-0.25, -0.2) is 0 Å². The summed E-state index contributed by atoms with van der Waals surface area (Å²) in [6.45, 7) is 3.73. The largest absolute Gasteiger partial charge is 0.480 e. The molecule has 20 heavy (non-hydrogen) atoms. The molecule has 1 N–H and O–H groups in total. The summed E-state index contributed by atoms with van der Waals surface area (Å²) in [6.07, 6.45) is 0. The molecule has 0 fully saturated rings. The Morgan fingerprint density at radius 2 is 2.00 bits per heavy atom. The van der Waals surface area contributed by atoms with E-state index >= 15 is 0 Å². The zero-order valence-electron chi connectivity index (χ0n) is 11.8. The van der Waals surface area contributed by atoms with E-state index in [0.717, 1.165) is 5.56 Å². The first-order valence-corrected chi connectivity index (χ1v) is 6.37. The number of carbonyl (C=O) groups is 1. The van der Waals surface area contributed by atoms with Crippen molar-refractivity contribution < 1.29 is 14.4 Å². The fourth-order valence-corrected chi connectivity index (χ4v) is 1.73. The van der Waals surface area contributed by atoms with Crippen LogP contribution in [0.2, 0.25) is 0 Å². The summed E-state index contributed by atoms with van der Waals surface area (Å²) in [4.78, 5) is 12.9.